The molecule has 0 saturated carbocycles. The topological polar surface area (TPSA) is 35.6 Å². The van der Waals surface area contributed by atoms with Crippen molar-refractivity contribution in [1.82, 2.24) is 15.1 Å². The molecule has 27 heavy (non-hydrogen) atoms. The molecule has 0 aliphatic carbocycles. The van der Waals surface area contributed by atoms with Crippen molar-refractivity contribution in [3.8, 4) is 0 Å². The van der Waals surface area contributed by atoms with E-state index >= 15 is 0 Å². The van der Waals surface area contributed by atoms with E-state index in [1.807, 2.05) is 29.2 Å². The minimum atomic E-state index is 0.0299. The second-order valence-electron chi connectivity index (χ2n) is 7.05. The number of piperazine rings is 1. The fourth-order valence-corrected chi connectivity index (χ4v) is 3.68. The van der Waals surface area contributed by atoms with Crippen molar-refractivity contribution in [2.24, 2.45) is 0 Å². The second-order valence-corrected chi connectivity index (χ2v) is 7.05. The van der Waals surface area contributed by atoms with Crippen LogP contribution in [0.3, 0.4) is 0 Å². The van der Waals surface area contributed by atoms with Crippen LogP contribution in [0.15, 0.2) is 72.8 Å². The van der Waals surface area contributed by atoms with Gasteiger partial charge in [0, 0.05) is 39.3 Å². The number of urea groups is 1. The third-order valence-electron chi connectivity index (χ3n) is 5.22. The highest BCUT2D eigenvalue weighted by atomic mass is 16.2. The van der Waals surface area contributed by atoms with Crippen LogP contribution in [0.25, 0.3) is 10.8 Å². The Labute approximate surface area is 160 Å². The first-order valence-electron chi connectivity index (χ1n) is 9.55. The van der Waals surface area contributed by atoms with E-state index < -0.39 is 0 Å². The van der Waals surface area contributed by atoms with E-state index in [4.69, 9.17) is 0 Å². The Morgan fingerprint density at radius 2 is 1.52 bits per heavy atom. The normalized spacial score (nSPS) is 15.0. The van der Waals surface area contributed by atoms with E-state index in [0.717, 1.165) is 38.3 Å². The smallest absolute Gasteiger partial charge is 0.317 e. The van der Waals surface area contributed by atoms with Crippen LogP contribution in [-0.4, -0.2) is 42.0 Å². The SMILES string of the molecule is O=C(NCc1cccc2ccccc12)N1CCN(Cc2ccccc2)CC1. The summed E-state index contributed by atoms with van der Waals surface area (Å²) in [6.07, 6.45) is 0. The number of hydrogen-bond donors (Lipinski definition) is 1. The van der Waals surface area contributed by atoms with E-state index in [1.54, 1.807) is 0 Å². The third kappa shape index (κ3) is 4.29. The lowest BCUT2D eigenvalue weighted by Gasteiger charge is -2.34. The molecule has 4 rings (SSSR count). The molecule has 0 aromatic heterocycles. The third-order valence-corrected chi connectivity index (χ3v) is 5.22. The van der Waals surface area contributed by atoms with Gasteiger partial charge >= 0.3 is 6.03 Å². The van der Waals surface area contributed by atoms with Crippen LogP contribution in [0.5, 0.6) is 0 Å². The minimum Gasteiger partial charge on any atom is -0.334 e. The number of carbonyl (C=O) groups excluding carboxylic acids is 1. The Bertz CT molecular complexity index is 896. The lowest BCUT2D eigenvalue weighted by Crippen LogP contribution is -2.51. The van der Waals surface area contributed by atoms with Crippen LogP contribution < -0.4 is 5.32 Å². The van der Waals surface area contributed by atoms with Gasteiger partial charge < -0.3 is 10.2 Å². The Morgan fingerprint density at radius 1 is 0.815 bits per heavy atom. The quantitative estimate of drug-likeness (QED) is 0.768. The highest BCUT2D eigenvalue weighted by Gasteiger charge is 2.20. The Kier molecular flexibility index (Phi) is 5.35. The van der Waals surface area contributed by atoms with E-state index in [2.05, 4.69) is 58.7 Å². The molecule has 1 heterocycles. The predicted octanol–water partition coefficient (Wildman–Crippen LogP) is 3.87. The van der Waals surface area contributed by atoms with E-state index in [0.29, 0.717) is 6.54 Å². The van der Waals surface area contributed by atoms with Crippen LogP contribution in [-0.2, 0) is 13.1 Å². The first-order chi connectivity index (χ1) is 13.3. The first kappa shape index (κ1) is 17.6. The van der Waals surface area contributed by atoms with Gasteiger partial charge in [-0.15, -0.1) is 0 Å². The molecule has 4 nitrogen and oxygen atoms in total. The molecule has 0 radical (unpaired) electrons. The van der Waals surface area contributed by atoms with Crippen LogP contribution in [0.4, 0.5) is 4.79 Å². The fourth-order valence-electron chi connectivity index (χ4n) is 3.68. The van der Waals surface area contributed by atoms with Gasteiger partial charge in [-0.3, -0.25) is 4.90 Å². The second kappa shape index (κ2) is 8.23. The zero-order chi connectivity index (χ0) is 18.5. The van der Waals surface area contributed by atoms with Crippen molar-refractivity contribution >= 4 is 16.8 Å². The highest BCUT2D eigenvalue weighted by Crippen LogP contribution is 2.18. The zero-order valence-corrected chi connectivity index (χ0v) is 15.5. The number of carbonyl (C=O) groups is 1. The van der Waals surface area contributed by atoms with E-state index in [-0.39, 0.29) is 6.03 Å². The van der Waals surface area contributed by atoms with Crippen molar-refractivity contribution in [3.05, 3.63) is 83.9 Å². The van der Waals surface area contributed by atoms with Gasteiger partial charge in [0.1, 0.15) is 0 Å². The van der Waals surface area contributed by atoms with Gasteiger partial charge in [0.2, 0.25) is 0 Å². The monoisotopic (exact) mass is 359 g/mol. The van der Waals surface area contributed by atoms with Crippen LogP contribution in [0.2, 0.25) is 0 Å². The molecule has 1 N–H and O–H groups in total. The van der Waals surface area contributed by atoms with Gasteiger partial charge in [0.25, 0.3) is 0 Å². The number of benzene rings is 3. The molecule has 0 bridgehead atoms. The first-order valence-corrected chi connectivity index (χ1v) is 9.55. The molecule has 1 fully saturated rings. The maximum atomic E-state index is 12.6. The average molecular weight is 359 g/mol. The summed E-state index contributed by atoms with van der Waals surface area (Å²) in [5, 5.41) is 5.50. The molecule has 3 aromatic carbocycles. The Balaban J connectivity index is 1.29. The zero-order valence-electron chi connectivity index (χ0n) is 15.5. The standard InChI is InChI=1S/C23H25N3O/c27-23(24-17-21-11-6-10-20-9-4-5-12-22(20)21)26-15-13-25(14-16-26)18-19-7-2-1-3-8-19/h1-12H,13-18H2,(H,24,27). The maximum absolute atomic E-state index is 12.6. The van der Waals surface area contributed by atoms with Crippen LogP contribution >= 0.6 is 0 Å². The average Bonchev–Trinajstić information content (AvgIpc) is 2.73. The molecule has 0 atom stereocenters. The number of nitrogens with one attached hydrogen (secondary N) is 1. The Morgan fingerprint density at radius 3 is 2.33 bits per heavy atom. The number of hydrogen-bond acceptors (Lipinski definition) is 2. The molecule has 1 aliphatic heterocycles. The Hall–Kier alpha value is -2.85. The number of amides is 2. The maximum Gasteiger partial charge on any atom is 0.317 e. The molecule has 1 saturated heterocycles. The van der Waals surface area contributed by atoms with Gasteiger partial charge in [-0.05, 0) is 21.9 Å². The summed E-state index contributed by atoms with van der Waals surface area (Å²) in [5.74, 6) is 0. The molecule has 138 valence electrons. The van der Waals surface area contributed by atoms with E-state index in [1.165, 1.54) is 16.3 Å². The largest absolute Gasteiger partial charge is 0.334 e. The fraction of sp³-hybridized carbons (Fsp3) is 0.261. The molecule has 0 unspecified atom stereocenters. The molecular formula is C23H25N3O. The summed E-state index contributed by atoms with van der Waals surface area (Å²) in [6, 6.07) is 25.1. The summed E-state index contributed by atoms with van der Waals surface area (Å²) < 4.78 is 0. The lowest BCUT2D eigenvalue weighted by molar-refractivity contribution is 0.135. The van der Waals surface area contributed by atoms with Crippen molar-refractivity contribution in [1.29, 1.82) is 0 Å². The number of nitrogens with zero attached hydrogens (tertiary/aromatic N) is 2. The molecule has 2 amide bonds. The highest BCUT2D eigenvalue weighted by molar-refractivity contribution is 5.86. The van der Waals surface area contributed by atoms with E-state index in [9.17, 15) is 4.79 Å². The molecule has 1 aliphatic rings. The summed E-state index contributed by atoms with van der Waals surface area (Å²) >= 11 is 0. The van der Waals surface area contributed by atoms with Gasteiger partial charge in [-0.2, -0.15) is 0 Å². The minimum absolute atomic E-state index is 0.0299. The molecule has 3 aromatic rings. The lowest BCUT2D eigenvalue weighted by atomic mass is 10.0. The van der Waals surface area contributed by atoms with Crippen molar-refractivity contribution in [3.63, 3.8) is 0 Å². The summed E-state index contributed by atoms with van der Waals surface area (Å²) in [4.78, 5) is 16.9. The van der Waals surface area contributed by atoms with Crippen molar-refractivity contribution < 1.29 is 4.79 Å². The summed E-state index contributed by atoms with van der Waals surface area (Å²) in [7, 11) is 0. The van der Waals surface area contributed by atoms with Gasteiger partial charge in [0.05, 0.1) is 0 Å². The van der Waals surface area contributed by atoms with Gasteiger partial charge in [-0.25, -0.2) is 4.79 Å². The van der Waals surface area contributed by atoms with Gasteiger partial charge in [0.15, 0.2) is 0 Å². The summed E-state index contributed by atoms with van der Waals surface area (Å²) in [6.45, 7) is 4.88. The predicted molar refractivity (Wildman–Crippen MR) is 109 cm³/mol. The molecule has 0 spiro atoms. The number of rotatable bonds is 4. The number of fused-ring (bicyclic) bond motifs is 1. The summed E-state index contributed by atoms with van der Waals surface area (Å²) in [5.41, 5.74) is 2.48. The van der Waals surface area contributed by atoms with Crippen molar-refractivity contribution in [2.45, 2.75) is 13.1 Å². The van der Waals surface area contributed by atoms with Crippen LogP contribution in [0, 0.1) is 0 Å². The molecule has 4 heteroatoms. The van der Waals surface area contributed by atoms with Crippen LogP contribution in [0.1, 0.15) is 11.1 Å². The molecular weight excluding hydrogens is 334 g/mol. The van der Waals surface area contributed by atoms with Crippen molar-refractivity contribution in [2.75, 3.05) is 26.2 Å². The van der Waals surface area contributed by atoms with Gasteiger partial charge in [-0.1, -0.05) is 72.8 Å².